The minimum absolute atomic E-state index is 0.0443. The summed E-state index contributed by atoms with van der Waals surface area (Å²) >= 11 is 0. The van der Waals surface area contributed by atoms with Crippen molar-refractivity contribution in [3.05, 3.63) is 70.9 Å². The van der Waals surface area contributed by atoms with Crippen LogP contribution in [-0.2, 0) is 28.3 Å². The zero-order valence-corrected chi connectivity index (χ0v) is 22.1. The summed E-state index contributed by atoms with van der Waals surface area (Å²) < 4.78 is 6.31. The Hall–Kier alpha value is -3.82. The summed E-state index contributed by atoms with van der Waals surface area (Å²) in [5.74, 6) is -0.158. The Morgan fingerprint density at radius 2 is 1.92 bits per heavy atom. The summed E-state index contributed by atoms with van der Waals surface area (Å²) in [4.78, 5) is 45.3. The number of piperidine rings is 1. The molecule has 202 valence electrons. The van der Waals surface area contributed by atoms with Crippen molar-refractivity contribution < 1.29 is 24.2 Å². The maximum Gasteiger partial charge on any atom is 0.255 e. The number of fused-ring (bicyclic) bond motifs is 2. The predicted molar refractivity (Wildman–Crippen MR) is 144 cm³/mol. The zero-order chi connectivity index (χ0) is 27.3. The first kappa shape index (κ1) is 25.5. The molecule has 0 saturated carbocycles. The van der Waals surface area contributed by atoms with Crippen molar-refractivity contribution in [3.63, 3.8) is 0 Å². The van der Waals surface area contributed by atoms with Crippen molar-refractivity contribution in [3.8, 4) is 5.75 Å². The van der Waals surface area contributed by atoms with Gasteiger partial charge in [0.1, 0.15) is 23.5 Å². The lowest BCUT2D eigenvalue weighted by Gasteiger charge is -2.29. The number of ether oxygens (including phenoxy) is 1. The standard InChI is InChI=1S/C30H32N4O5/c1-30(2,38)26-9-4-19-13-18(3-7-24(19)31-26)15-33-12-11-22(17-33)39-21-5-6-23-20(14-21)16-34(29(23)37)25-8-10-27(35)32-28(25)36/h3-7,9,13-14,22,25,38H,8,10-12,15-17H2,1-2H3,(H,32,35,36)/t22-,25?/m0/s1. The lowest BCUT2D eigenvalue weighted by Crippen LogP contribution is -2.52. The molecule has 2 N–H and O–H groups in total. The number of rotatable bonds is 6. The lowest BCUT2D eigenvalue weighted by atomic mass is 10.0. The molecule has 6 rings (SSSR count). The van der Waals surface area contributed by atoms with Crippen LogP contribution in [0.5, 0.6) is 5.75 Å². The molecule has 0 radical (unpaired) electrons. The number of aliphatic hydroxyl groups is 1. The third-order valence-electron chi connectivity index (χ3n) is 7.81. The molecule has 0 bridgehead atoms. The minimum atomic E-state index is -0.973. The van der Waals surface area contributed by atoms with Crippen LogP contribution in [0.3, 0.4) is 0 Å². The van der Waals surface area contributed by atoms with E-state index in [2.05, 4.69) is 27.3 Å². The van der Waals surface area contributed by atoms with Gasteiger partial charge in [-0.05, 0) is 74.2 Å². The highest BCUT2D eigenvalue weighted by atomic mass is 16.5. The van der Waals surface area contributed by atoms with E-state index in [0.29, 0.717) is 24.2 Å². The van der Waals surface area contributed by atoms with Crippen molar-refractivity contribution in [1.82, 2.24) is 20.1 Å². The molecule has 39 heavy (non-hydrogen) atoms. The zero-order valence-electron chi connectivity index (χ0n) is 22.1. The van der Waals surface area contributed by atoms with Crippen LogP contribution in [0.4, 0.5) is 0 Å². The van der Waals surface area contributed by atoms with Gasteiger partial charge in [0.25, 0.3) is 5.91 Å². The Balaban J connectivity index is 1.07. The van der Waals surface area contributed by atoms with Crippen LogP contribution < -0.4 is 10.1 Å². The maximum atomic E-state index is 12.9. The molecular formula is C30H32N4O5. The molecule has 9 heteroatoms. The second-order valence-electron chi connectivity index (χ2n) is 11.3. The largest absolute Gasteiger partial charge is 0.489 e. The first-order chi connectivity index (χ1) is 18.6. The SMILES string of the molecule is CC(C)(O)c1ccc2cc(CN3CC[C@H](Oc4ccc5c(c4)CN(C4CCC(=O)NC4=O)C5=O)C3)ccc2n1. The number of benzene rings is 2. The molecule has 3 amide bonds. The second kappa shape index (κ2) is 9.73. The van der Waals surface area contributed by atoms with Crippen LogP contribution >= 0.6 is 0 Å². The van der Waals surface area contributed by atoms with Crippen LogP contribution in [0, 0.1) is 0 Å². The molecular weight excluding hydrogens is 496 g/mol. The van der Waals surface area contributed by atoms with Crippen molar-refractivity contribution in [1.29, 1.82) is 0 Å². The van der Waals surface area contributed by atoms with Gasteiger partial charge in [-0.15, -0.1) is 0 Å². The number of nitrogens with one attached hydrogen (secondary N) is 1. The van der Waals surface area contributed by atoms with Gasteiger partial charge in [-0.3, -0.25) is 24.6 Å². The average molecular weight is 529 g/mol. The molecule has 2 atom stereocenters. The number of hydrogen-bond acceptors (Lipinski definition) is 7. The van der Waals surface area contributed by atoms with E-state index >= 15 is 0 Å². The van der Waals surface area contributed by atoms with Crippen LogP contribution in [0.2, 0.25) is 0 Å². The Labute approximate surface area is 226 Å². The summed E-state index contributed by atoms with van der Waals surface area (Å²) in [6.07, 6.45) is 1.54. The molecule has 9 nitrogen and oxygen atoms in total. The van der Waals surface area contributed by atoms with E-state index in [4.69, 9.17) is 4.74 Å². The fourth-order valence-electron chi connectivity index (χ4n) is 5.73. The molecule has 2 saturated heterocycles. The lowest BCUT2D eigenvalue weighted by molar-refractivity contribution is -0.136. The molecule has 3 aromatic rings. The van der Waals surface area contributed by atoms with Gasteiger partial charge in [0, 0.05) is 43.5 Å². The Morgan fingerprint density at radius 3 is 2.72 bits per heavy atom. The van der Waals surface area contributed by atoms with Crippen LogP contribution in [0.15, 0.2) is 48.5 Å². The second-order valence-corrected chi connectivity index (χ2v) is 11.3. The van der Waals surface area contributed by atoms with E-state index in [9.17, 15) is 19.5 Å². The first-order valence-electron chi connectivity index (χ1n) is 13.4. The monoisotopic (exact) mass is 528 g/mol. The fourth-order valence-corrected chi connectivity index (χ4v) is 5.73. The van der Waals surface area contributed by atoms with Crippen LogP contribution in [0.1, 0.15) is 60.3 Å². The minimum Gasteiger partial charge on any atom is -0.489 e. The third-order valence-corrected chi connectivity index (χ3v) is 7.81. The molecule has 2 fully saturated rings. The van der Waals surface area contributed by atoms with Crippen molar-refractivity contribution in [2.45, 2.75) is 63.9 Å². The van der Waals surface area contributed by atoms with Gasteiger partial charge in [0.15, 0.2) is 0 Å². The molecule has 3 aliphatic heterocycles. The molecule has 2 aromatic carbocycles. The quantitative estimate of drug-likeness (QED) is 0.473. The molecule has 1 unspecified atom stereocenters. The number of imide groups is 1. The Kier molecular flexibility index (Phi) is 6.35. The number of carbonyl (C=O) groups excluding carboxylic acids is 3. The highest BCUT2D eigenvalue weighted by Gasteiger charge is 2.39. The highest BCUT2D eigenvalue weighted by Crippen LogP contribution is 2.31. The number of carbonyl (C=O) groups is 3. The fraction of sp³-hybridized carbons (Fsp3) is 0.400. The number of amides is 3. The van der Waals surface area contributed by atoms with Crippen LogP contribution in [0.25, 0.3) is 10.9 Å². The molecule has 1 aromatic heterocycles. The predicted octanol–water partition coefficient (Wildman–Crippen LogP) is 2.88. The molecule has 3 aliphatic rings. The first-order valence-corrected chi connectivity index (χ1v) is 13.4. The molecule has 0 aliphatic carbocycles. The van der Waals surface area contributed by atoms with Crippen molar-refractivity contribution in [2.75, 3.05) is 13.1 Å². The summed E-state index contributed by atoms with van der Waals surface area (Å²) in [6, 6.07) is 15.0. The Bertz CT molecular complexity index is 1480. The average Bonchev–Trinajstić information content (AvgIpc) is 3.46. The summed E-state index contributed by atoms with van der Waals surface area (Å²) in [7, 11) is 0. The van der Waals surface area contributed by atoms with E-state index < -0.39 is 17.6 Å². The van der Waals surface area contributed by atoms with E-state index in [1.807, 2.05) is 30.3 Å². The summed E-state index contributed by atoms with van der Waals surface area (Å²) in [5, 5.41) is 13.6. The number of hydrogen-bond donors (Lipinski definition) is 2. The van der Waals surface area contributed by atoms with Gasteiger partial charge in [0.2, 0.25) is 11.8 Å². The van der Waals surface area contributed by atoms with Crippen molar-refractivity contribution in [2.24, 2.45) is 0 Å². The smallest absolute Gasteiger partial charge is 0.255 e. The number of aromatic nitrogens is 1. The van der Waals surface area contributed by atoms with Crippen molar-refractivity contribution >= 4 is 28.6 Å². The summed E-state index contributed by atoms with van der Waals surface area (Å²) in [5.41, 5.74) is 3.17. The highest BCUT2D eigenvalue weighted by molar-refractivity contribution is 6.05. The number of pyridine rings is 1. The molecule has 4 heterocycles. The third kappa shape index (κ3) is 5.12. The van der Waals surface area contributed by atoms with Gasteiger partial charge < -0.3 is 14.7 Å². The van der Waals surface area contributed by atoms with E-state index in [1.165, 1.54) is 5.56 Å². The number of likely N-dealkylation sites (tertiary alicyclic amines) is 1. The Morgan fingerprint density at radius 1 is 1.08 bits per heavy atom. The van der Waals surface area contributed by atoms with Gasteiger partial charge in [-0.1, -0.05) is 12.1 Å². The topological polar surface area (TPSA) is 112 Å². The van der Waals surface area contributed by atoms with Gasteiger partial charge in [-0.25, -0.2) is 4.98 Å². The van der Waals surface area contributed by atoms with E-state index in [0.717, 1.165) is 48.3 Å². The maximum absolute atomic E-state index is 12.9. The van der Waals surface area contributed by atoms with Gasteiger partial charge >= 0.3 is 0 Å². The molecule has 0 spiro atoms. The van der Waals surface area contributed by atoms with Gasteiger partial charge in [0.05, 0.1) is 11.2 Å². The van der Waals surface area contributed by atoms with Crippen LogP contribution in [-0.4, -0.2) is 62.8 Å². The number of nitrogens with zero attached hydrogens (tertiary/aromatic N) is 3. The summed E-state index contributed by atoms with van der Waals surface area (Å²) in [6.45, 7) is 6.34. The normalized spacial score (nSPS) is 21.9. The van der Waals surface area contributed by atoms with E-state index in [1.54, 1.807) is 24.8 Å². The van der Waals surface area contributed by atoms with E-state index in [-0.39, 0.29) is 24.3 Å². The van der Waals surface area contributed by atoms with Gasteiger partial charge in [-0.2, -0.15) is 0 Å².